The van der Waals surface area contributed by atoms with E-state index in [2.05, 4.69) is 11.4 Å². The van der Waals surface area contributed by atoms with Crippen LogP contribution in [0.5, 0.6) is 0 Å². The molecular formula is C12H8ClN3O2S. The number of hydrogen-bond donors (Lipinski definition) is 1. The third-order valence-corrected chi connectivity index (χ3v) is 3.68. The Hall–Kier alpha value is -2.10. The molecule has 7 heteroatoms. The van der Waals surface area contributed by atoms with E-state index in [4.69, 9.17) is 16.9 Å². The number of rotatable bonds is 4. The summed E-state index contributed by atoms with van der Waals surface area (Å²) in [6.07, 6.45) is 0. The third kappa shape index (κ3) is 3.22. The molecule has 0 radical (unpaired) electrons. The summed E-state index contributed by atoms with van der Waals surface area (Å²) >= 11 is 7.21. The maximum Gasteiger partial charge on any atom is 0.288 e. The summed E-state index contributed by atoms with van der Waals surface area (Å²) in [5.74, 6) is 0. The Morgan fingerprint density at radius 2 is 2.21 bits per heavy atom. The summed E-state index contributed by atoms with van der Waals surface area (Å²) < 4.78 is 0. The minimum Gasteiger partial charge on any atom is -0.380 e. The predicted octanol–water partition coefficient (Wildman–Crippen LogP) is 3.79. The highest BCUT2D eigenvalue weighted by Gasteiger charge is 2.11. The summed E-state index contributed by atoms with van der Waals surface area (Å²) in [5.41, 5.74) is 0.581. The molecular weight excluding hydrogens is 286 g/mol. The van der Waals surface area contributed by atoms with Gasteiger partial charge in [-0.2, -0.15) is 5.26 Å². The molecule has 2 rings (SSSR count). The molecule has 1 aromatic heterocycles. The molecule has 96 valence electrons. The number of thiophene rings is 1. The van der Waals surface area contributed by atoms with Crippen molar-refractivity contribution in [1.29, 1.82) is 5.26 Å². The van der Waals surface area contributed by atoms with E-state index in [0.717, 1.165) is 4.88 Å². The molecule has 1 heterocycles. The first-order chi connectivity index (χ1) is 9.10. The van der Waals surface area contributed by atoms with Crippen molar-refractivity contribution in [2.24, 2.45) is 0 Å². The van der Waals surface area contributed by atoms with Crippen LogP contribution in [0.4, 0.5) is 11.4 Å². The number of benzene rings is 1. The van der Waals surface area contributed by atoms with Gasteiger partial charge in [0.15, 0.2) is 0 Å². The Labute approximate surface area is 118 Å². The quantitative estimate of drug-likeness (QED) is 0.687. The van der Waals surface area contributed by atoms with Gasteiger partial charge >= 0.3 is 0 Å². The van der Waals surface area contributed by atoms with Crippen molar-refractivity contribution in [3.63, 3.8) is 0 Å². The first-order valence-corrected chi connectivity index (χ1v) is 6.46. The van der Waals surface area contributed by atoms with Gasteiger partial charge in [0.1, 0.15) is 16.0 Å². The fourth-order valence-electron chi connectivity index (χ4n) is 1.49. The normalized spacial score (nSPS) is 9.89. The van der Waals surface area contributed by atoms with Gasteiger partial charge in [0.25, 0.3) is 5.69 Å². The summed E-state index contributed by atoms with van der Waals surface area (Å²) in [6.45, 7) is 0.542. The van der Waals surface area contributed by atoms with E-state index in [-0.39, 0.29) is 10.7 Å². The Kier molecular flexibility index (Phi) is 4.00. The van der Waals surface area contributed by atoms with Gasteiger partial charge in [-0.3, -0.25) is 10.1 Å². The highest BCUT2D eigenvalue weighted by molar-refractivity contribution is 7.12. The first-order valence-electron chi connectivity index (χ1n) is 5.27. The first kappa shape index (κ1) is 13.3. The fourth-order valence-corrected chi connectivity index (χ4v) is 2.48. The van der Waals surface area contributed by atoms with E-state index >= 15 is 0 Å². The van der Waals surface area contributed by atoms with Crippen LogP contribution in [0, 0.1) is 21.4 Å². The molecule has 0 atom stereocenters. The van der Waals surface area contributed by atoms with Crippen molar-refractivity contribution >= 4 is 34.3 Å². The van der Waals surface area contributed by atoms with Crippen LogP contribution in [0.25, 0.3) is 0 Å². The minimum absolute atomic E-state index is 0.0962. The standard InChI is InChI=1S/C12H8ClN3O2S/c13-11-5-8(1-4-12(11)16(17)18)15-7-10-3-2-9(6-14)19-10/h1-5,15H,7H2. The zero-order valence-electron chi connectivity index (χ0n) is 9.59. The van der Waals surface area contributed by atoms with E-state index in [1.807, 2.05) is 6.07 Å². The lowest BCUT2D eigenvalue weighted by molar-refractivity contribution is -0.384. The molecule has 0 fully saturated rings. The average Bonchev–Trinajstić information content (AvgIpc) is 2.84. The Morgan fingerprint density at radius 1 is 1.42 bits per heavy atom. The molecule has 1 N–H and O–H groups in total. The number of nitrogens with one attached hydrogen (secondary N) is 1. The summed E-state index contributed by atoms with van der Waals surface area (Å²) in [7, 11) is 0. The number of nitro benzene ring substituents is 1. The zero-order valence-corrected chi connectivity index (χ0v) is 11.2. The zero-order chi connectivity index (χ0) is 13.8. The number of nitriles is 1. The molecule has 1 aromatic carbocycles. The van der Waals surface area contributed by atoms with E-state index < -0.39 is 4.92 Å². The summed E-state index contributed by atoms with van der Waals surface area (Å²) in [6, 6.07) is 10.2. The molecule has 0 spiro atoms. The maximum absolute atomic E-state index is 10.6. The van der Waals surface area contributed by atoms with Crippen LogP contribution >= 0.6 is 22.9 Å². The van der Waals surface area contributed by atoms with Crippen molar-refractivity contribution in [1.82, 2.24) is 0 Å². The topological polar surface area (TPSA) is 79.0 Å². The molecule has 0 amide bonds. The van der Waals surface area contributed by atoms with Crippen LogP contribution < -0.4 is 5.32 Å². The summed E-state index contributed by atoms with van der Waals surface area (Å²) in [5, 5.41) is 22.5. The van der Waals surface area contributed by atoms with E-state index in [1.165, 1.54) is 23.5 Å². The minimum atomic E-state index is -0.523. The smallest absolute Gasteiger partial charge is 0.288 e. The van der Waals surface area contributed by atoms with Gasteiger partial charge in [-0.15, -0.1) is 11.3 Å². The van der Waals surface area contributed by atoms with Crippen molar-refractivity contribution in [2.75, 3.05) is 5.32 Å². The van der Waals surface area contributed by atoms with E-state index in [0.29, 0.717) is 17.1 Å². The number of nitro groups is 1. The third-order valence-electron chi connectivity index (χ3n) is 2.38. The van der Waals surface area contributed by atoms with Crippen LogP contribution in [-0.2, 0) is 6.54 Å². The molecule has 0 bridgehead atoms. The largest absolute Gasteiger partial charge is 0.380 e. The Bertz CT molecular complexity index is 663. The van der Waals surface area contributed by atoms with Gasteiger partial charge < -0.3 is 5.32 Å². The predicted molar refractivity (Wildman–Crippen MR) is 74.5 cm³/mol. The van der Waals surface area contributed by atoms with Crippen molar-refractivity contribution in [3.05, 3.63) is 55.2 Å². The molecule has 5 nitrogen and oxygen atoms in total. The maximum atomic E-state index is 10.6. The number of hydrogen-bond acceptors (Lipinski definition) is 5. The summed E-state index contributed by atoms with van der Waals surface area (Å²) in [4.78, 5) is 11.8. The second-order valence-corrected chi connectivity index (χ2v) is 5.23. The van der Waals surface area contributed by atoms with Crippen LogP contribution in [0.15, 0.2) is 30.3 Å². The van der Waals surface area contributed by atoms with Gasteiger partial charge in [-0.25, -0.2) is 0 Å². The molecule has 2 aromatic rings. The average molecular weight is 294 g/mol. The number of anilines is 1. The second-order valence-electron chi connectivity index (χ2n) is 3.65. The number of nitrogens with zero attached hydrogens (tertiary/aromatic N) is 2. The van der Waals surface area contributed by atoms with Gasteiger partial charge in [-0.05, 0) is 24.3 Å². The van der Waals surface area contributed by atoms with Crippen LogP contribution in [0.2, 0.25) is 5.02 Å². The lowest BCUT2D eigenvalue weighted by Crippen LogP contribution is -1.98. The monoisotopic (exact) mass is 293 g/mol. The van der Waals surface area contributed by atoms with Crippen LogP contribution in [-0.4, -0.2) is 4.92 Å². The Balaban J connectivity index is 2.06. The second kappa shape index (κ2) is 5.69. The molecule has 0 aliphatic heterocycles. The molecule has 0 saturated heterocycles. The van der Waals surface area contributed by atoms with E-state index in [1.54, 1.807) is 12.1 Å². The molecule has 0 saturated carbocycles. The van der Waals surface area contributed by atoms with Crippen molar-refractivity contribution in [3.8, 4) is 6.07 Å². The van der Waals surface area contributed by atoms with Crippen molar-refractivity contribution < 1.29 is 4.92 Å². The highest BCUT2D eigenvalue weighted by atomic mass is 35.5. The van der Waals surface area contributed by atoms with Crippen LogP contribution in [0.3, 0.4) is 0 Å². The van der Waals surface area contributed by atoms with Gasteiger partial charge in [0.2, 0.25) is 0 Å². The SMILES string of the molecule is N#Cc1ccc(CNc2ccc([N+](=O)[O-])c(Cl)c2)s1. The lowest BCUT2D eigenvalue weighted by Gasteiger charge is -2.05. The van der Waals surface area contributed by atoms with Crippen LogP contribution in [0.1, 0.15) is 9.75 Å². The molecule has 0 aliphatic carbocycles. The lowest BCUT2D eigenvalue weighted by atomic mass is 10.3. The van der Waals surface area contributed by atoms with Gasteiger partial charge in [-0.1, -0.05) is 11.6 Å². The van der Waals surface area contributed by atoms with Gasteiger partial charge in [0, 0.05) is 23.2 Å². The van der Waals surface area contributed by atoms with Gasteiger partial charge in [0.05, 0.1) is 4.92 Å². The van der Waals surface area contributed by atoms with Crippen molar-refractivity contribution in [2.45, 2.75) is 6.54 Å². The Morgan fingerprint density at radius 3 is 2.79 bits per heavy atom. The molecule has 0 aliphatic rings. The molecule has 19 heavy (non-hydrogen) atoms. The molecule has 0 unspecified atom stereocenters. The van der Waals surface area contributed by atoms with E-state index in [9.17, 15) is 10.1 Å². The fraction of sp³-hybridized carbons (Fsp3) is 0.0833. The highest BCUT2D eigenvalue weighted by Crippen LogP contribution is 2.27. The number of halogens is 1.